The predicted octanol–water partition coefficient (Wildman–Crippen LogP) is 0.910. The maximum atomic E-state index is 11.2. The second kappa shape index (κ2) is 3.26. The van der Waals surface area contributed by atoms with E-state index in [9.17, 15) is 14.7 Å². The van der Waals surface area contributed by atoms with Gasteiger partial charge in [-0.2, -0.15) is 0 Å². The maximum absolute atomic E-state index is 11.2. The van der Waals surface area contributed by atoms with Gasteiger partial charge in [0.05, 0.1) is 5.41 Å². The quantitative estimate of drug-likeness (QED) is 0.691. The molecule has 1 heterocycles. The van der Waals surface area contributed by atoms with Crippen molar-refractivity contribution in [3.63, 3.8) is 0 Å². The zero-order valence-electron chi connectivity index (χ0n) is 8.08. The lowest BCUT2D eigenvalue weighted by atomic mass is 9.62. The molecule has 78 valence electrons. The fourth-order valence-corrected chi connectivity index (χ4v) is 2.49. The predicted molar refractivity (Wildman–Crippen MR) is 49.7 cm³/mol. The summed E-state index contributed by atoms with van der Waals surface area (Å²) < 4.78 is 0. The van der Waals surface area contributed by atoms with Crippen molar-refractivity contribution >= 4 is 11.9 Å². The van der Waals surface area contributed by atoms with Gasteiger partial charge in [-0.1, -0.05) is 6.42 Å². The Kier molecular flexibility index (Phi) is 2.21. The Balaban J connectivity index is 2.11. The normalized spacial score (nSPS) is 30.3. The van der Waals surface area contributed by atoms with Crippen LogP contribution in [0.5, 0.6) is 0 Å². The second-order valence-electron chi connectivity index (χ2n) is 4.33. The van der Waals surface area contributed by atoms with Crippen LogP contribution in [0.15, 0.2) is 0 Å². The number of amides is 1. The Bertz CT molecular complexity index is 271. The monoisotopic (exact) mass is 197 g/mol. The molecule has 0 aromatic rings. The first-order valence-corrected chi connectivity index (χ1v) is 5.18. The van der Waals surface area contributed by atoms with Crippen molar-refractivity contribution < 1.29 is 14.7 Å². The lowest BCUT2D eigenvalue weighted by molar-refractivity contribution is -0.158. The summed E-state index contributed by atoms with van der Waals surface area (Å²) >= 11 is 0. The van der Waals surface area contributed by atoms with Gasteiger partial charge in [-0.05, 0) is 25.7 Å². The number of aliphatic carboxylic acids is 1. The fourth-order valence-electron chi connectivity index (χ4n) is 2.49. The molecule has 14 heavy (non-hydrogen) atoms. The number of carbonyl (C=O) groups is 2. The summed E-state index contributed by atoms with van der Waals surface area (Å²) in [4.78, 5) is 22.3. The molecule has 0 bridgehead atoms. The number of hydrogen-bond donors (Lipinski definition) is 2. The lowest BCUT2D eigenvalue weighted by Gasteiger charge is -2.45. The molecule has 1 saturated heterocycles. The summed E-state index contributed by atoms with van der Waals surface area (Å²) in [6.45, 7) is 0. The molecule has 4 heteroatoms. The van der Waals surface area contributed by atoms with E-state index < -0.39 is 11.4 Å². The average molecular weight is 197 g/mol. The average Bonchev–Trinajstić information content (AvgIpc) is 2.00. The summed E-state index contributed by atoms with van der Waals surface area (Å²) in [6, 6.07) is -0.130. The molecule has 2 rings (SSSR count). The van der Waals surface area contributed by atoms with E-state index in [0.29, 0.717) is 19.3 Å². The highest BCUT2D eigenvalue weighted by Gasteiger charge is 2.51. The van der Waals surface area contributed by atoms with Crippen LogP contribution in [0, 0.1) is 5.41 Å². The number of piperidine rings is 1. The van der Waals surface area contributed by atoms with E-state index in [0.717, 1.165) is 19.3 Å². The van der Waals surface area contributed by atoms with Crippen molar-refractivity contribution in [3.05, 3.63) is 0 Å². The molecule has 1 amide bonds. The van der Waals surface area contributed by atoms with Crippen LogP contribution in [0.1, 0.15) is 38.5 Å². The van der Waals surface area contributed by atoms with E-state index in [1.165, 1.54) is 0 Å². The summed E-state index contributed by atoms with van der Waals surface area (Å²) in [5.74, 6) is -0.732. The van der Waals surface area contributed by atoms with Crippen molar-refractivity contribution in [2.75, 3.05) is 0 Å². The number of nitrogens with one attached hydrogen (secondary N) is 1. The maximum Gasteiger partial charge on any atom is 0.311 e. The fraction of sp³-hybridized carbons (Fsp3) is 0.800. The van der Waals surface area contributed by atoms with Gasteiger partial charge in [0.1, 0.15) is 0 Å². The van der Waals surface area contributed by atoms with Crippen LogP contribution in [0.2, 0.25) is 0 Å². The van der Waals surface area contributed by atoms with E-state index in [1.54, 1.807) is 0 Å². The highest BCUT2D eigenvalue weighted by molar-refractivity contribution is 5.81. The van der Waals surface area contributed by atoms with Gasteiger partial charge in [0.25, 0.3) is 0 Å². The Hall–Kier alpha value is -1.06. The van der Waals surface area contributed by atoms with Gasteiger partial charge in [-0.25, -0.2) is 0 Å². The van der Waals surface area contributed by atoms with Crippen LogP contribution in [-0.4, -0.2) is 23.0 Å². The molecule has 4 nitrogen and oxygen atoms in total. The minimum Gasteiger partial charge on any atom is -0.481 e. The van der Waals surface area contributed by atoms with Crippen LogP contribution < -0.4 is 5.32 Å². The Morgan fingerprint density at radius 3 is 2.57 bits per heavy atom. The van der Waals surface area contributed by atoms with E-state index in [4.69, 9.17) is 0 Å². The van der Waals surface area contributed by atoms with Crippen LogP contribution >= 0.6 is 0 Å². The van der Waals surface area contributed by atoms with Crippen LogP contribution in [0.4, 0.5) is 0 Å². The molecule has 0 radical (unpaired) electrons. The molecule has 1 atom stereocenters. The molecular formula is C10H15NO3. The Morgan fingerprint density at radius 2 is 2.14 bits per heavy atom. The lowest BCUT2D eigenvalue weighted by Crippen LogP contribution is -2.57. The van der Waals surface area contributed by atoms with Gasteiger partial charge in [0, 0.05) is 12.5 Å². The second-order valence-corrected chi connectivity index (χ2v) is 4.33. The zero-order valence-corrected chi connectivity index (χ0v) is 8.08. The first-order chi connectivity index (χ1) is 6.65. The molecule has 1 saturated carbocycles. The van der Waals surface area contributed by atoms with Crippen LogP contribution in [0.25, 0.3) is 0 Å². The van der Waals surface area contributed by atoms with Gasteiger partial charge >= 0.3 is 5.97 Å². The van der Waals surface area contributed by atoms with E-state index in [1.807, 2.05) is 0 Å². The molecule has 1 unspecified atom stereocenters. The summed E-state index contributed by atoms with van der Waals surface area (Å²) in [7, 11) is 0. The summed E-state index contributed by atoms with van der Waals surface area (Å²) in [5.41, 5.74) is -0.643. The highest BCUT2D eigenvalue weighted by Crippen LogP contribution is 2.46. The highest BCUT2D eigenvalue weighted by atomic mass is 16.4. The molecule has 2 N–H and O–H groups in total. The van der Waals surface area contributed by atoms with Crippen molar-refractivity contribution in [1.29, 1.82) is 0 Å². The van der Waals surface area contributed by atoms with Crippen molar-refractivity contribution in [3.8, 4) is 0 Å². The van der Waals surface area contributed by atoms with Gasteiger partial charge < -0.3 is 10.4 Å². The van der Waals surface area contributed by atoms with Crippen LogP contribution in [-0.2, 0) is 9.59 Å². The van der Waals surface area contributed by atoms with Crippen molar-refractivity contribution in [2.24, 2.45) is 5.41 Å². The number of carbonyl (C=O) groups excluding carboxylic acids is 1. The van der Waals surface area contributed by atoms with E-state index in [2.05, 4.69) is 5.32 Å². The smallest absolute Gasteiger partial charge is 0.311 e. The third-order valence-corrected chi connectivity index (χ3v) is 3.57. The largest absolute Gasteiger partial charge is 0.481 e. The number of carboxylic acid groups (broad SMARTS) is 1. The summed E-state index contributed by atoms with van der Waals surface area (Å²) in [6.07, 6.45) is 4.59. The van der Waals surface area contributed by atoms with Crippen LogP contribution in [0.3, 0.4) is 0 Å². The van der Waals surface area contributed by atoms with Gasteiger partial charge in [-0.15, -0.1) is 0 Å². The van der Waals surface area contributed by atoms with Crippen molar-refractivity contribution in [2.45, 2.75) is 44.6 Å². The molecule has 1 aliphatic carbocycles. The molecule has 2 fully saturated rings. The molecule has 0 aromatic carbocycles. The Labute approximate surface area is 82.7 Å². The standard InChI is InChI=1S/C10H15NO3/c12-8-4-1-3-7(11-8)10(9(13)14)5-2-6-10/h7H,1-6H2,(H,11,12)(H,13,14). The number of carboxylic acids is 1. The van der Waals surface area contributed by atoms with Gasteiger partial charge in [0.2, 0.25) is 5.91 Å². The molecule has 0 spiro atoms. The van der Waals surface area contributed by atoms with E-state index >= 15 is 0 Å². The van der Waals surface area contributed by atoms with Crippen molar-refractivity contribution in [1.82, 2.24) is 5.32 Å². The molecular weight excluding hydrogens is 182 g/mol. The third-order valence-electron chi connectivity index (χ3n) is 3.57. The topological polar surface area (TPSA) is 66.4 Å². The van der Waals surface area contributed by atoms with E-state index in [-0.39, 0.29) is 11.9 Å². The minimum absolute atomic E-state index is 0.00813. The summed E-state index contributed by atoms with van der Waals surface area (Å²) in [5, 5.41) is 12.0. The molecule has 0 aromatic heterocycles. The first kappa shape index (κ1) is 9.49. The number of rotatable bonds is 2. The first-order valence-electron chi connectivity index (χ1n) is 5.18. The minimum atomic E-state index is -0.740. The van der Waals surface area contributed by atoms with Gasteiger partial charge in [-0.3, -0.25) is 9.59 Å². The third kappa shape index (κ3) is 1.29. The zero-order chi connectivity index (χ0) is 10.2. The molecule has 2 aliphatic rings. The van der Waals surface area contributed by atoms with Gasteiger partial charge in [0.15, 0.2) is 0 Å². The molecule has 1 aliphatic heterocycles. The SMILES string of the molecule is O=C1CCCC(C2(C(=O)O)CCC2)N1. The Morgan fingerprint density at radius 1 is 1.43 bits per heavy atom. The number of hydrogen-bond acceptors (Lipinski definition) is 2.